The number of aliphatic hydroxyl groups excluding tert-OH is 1. The fourth-order valence-electron chi connectivity index (χ4n) is 5.24. The summed E-state index contributed by atoms with van der Waals surface area (Å²) in [5, 5.41) is 19.7. The molecule has 7 nitrogen and oxygen atoms in total. The first-order chi connectivity index (χ1) is 16.5. The maximum Gasteiger partial charge on any atom is 1.00 e. The number of hydrogen-bond donors (Lipinski definition) is 2. The smallest absolute Gasteiger partial charge is 0.654 e. The standard InChI is InChI=1S/C25H31ClIN6O.Li/c1-16-13-32(15-31-16)8-6-29-25(34)22-14-33(9-7-28-22)24-21-5-4-19(26)10-17(21)2-3-18-11-20(27)12-30-23(18)24;/h4-5,10-12,15-16,22,24-25,29,34H,2-3,6-9,13-14H2,1H3;/q-1;+1/t16?,22-,24?,25?;/m1./s1. The van der Waals surface area contributed by atoms with Crippen LogP contribution in [0.3, 0.4) is 0 Å². The number of aromatic nitrogens is 1. The van der Waals surface area contributed by atoms with Crippen LogP contribution in [-0.4, -0.2) is 83.8 Å². The average Bonchev–Trinajstić information content (AvgIpc) is 3.17. The summed E-state index contributed by atoms with van der Waals surface area (Å²) in [6, 6.07) is 8.70. The SMILES string of the molecule is CC1CN(CCNC(O)[C@H]2CN(C3c4ccc(Cl)cc4CCc4cc(I)cnc43)CC[N-]2)C=N1.[Li+]. The number of fused-ring (bicyclic) bond motifs is 2. The number of aliphatic hydroxyl groups is 1. The average molecular weight is 601 g/mol. The van der Waals surface area contributed by atoms with Gasteiger partial charge in [0.05, 0.1) is 30.3 Å². The van der Waals surface area contributed by atoms with E-state index in [0.29, 0.717) is 25.7 Å². The van der Waals surface area contributed by atoms with Crippen LogP contribution < -0.4 is 24.2 Å². The second-order valence-electron chi connectivity index (χ2n) is 9.42. The van der Waals surface area contributed by atoms with Crippen molar-refractivity contribution in [2.24, 2.45) is 4.99 Å². The van der Waals surface area contributed by atoms with Gasteiger partial charge in [0, 0.05) is 34.4 Å². The number of halogens is 2. The molecule has 1 aromatic carbocycles. The van der Waals surface area contributed by atoms with Gasteiger partial charge in [0.25, 0.3) is 0 Å². The van der Waals surface area contributed by atoms with Crippen LogP contribution in [-0.2, 0) is 12.8 Å². The summed E-state index contributed by atoms with van der Waals surface area (Å²) < 4.78 is 1.16. The number of benzene rings is 1. The van der Waals surface area contributed by atoms with Gasteiger partial charge in [0.2, 0.25) is 0 Å². The van der Waals surface area contributed by atoms with E-state index in [1.165, 1.54) is 16.7 Å². The topological polar surface area (TPSA) is 78.1 Å². The summed E-state index contributed by atoms with van der Waals surface area (Å²) in [7, 11) is 0. The van der Waals surface area contributed by atoms with E-state index >= 15 is 0 Å². The van der Waals surface area contributed by atoms with Crippen molar-refractivity contribution in [2.45, 2.75) is 44.1 Å². The molecule has 182 valence electrons. The predicted octanol–water partition coefficient (Wildman–Crippen LogP) is 0.230. The number of hydrogen-bond acceptors (Lipinski definition) is 6. The molecule has 4 atom stereocenters. The van der Waals surface area contributed by atoms with E-state index in [-0.39, 0.29) is 30.9 Å². The largest absolute Gasteiger partial charge is 1.00 e. The molecule has 1 aliphatic carbocycles. The summed E-state index contributed by atoms with van der Waals surface area (Å²) in [4.78, 5) is 13.9. The number of pyridine rings is 1. The van der Waals surface area contributed by atoms with Crippen LogP contribution >= 0.6 is 34.2 Å². The predicted molar refractivity (Wildman–Crippen MR) is 145 cm³/mol. The molecule has 0 amide bonds. The Kier molecular flexibility index (Phi) is 9.55. The zero-order valence-corrected chi connectivity index (χ0v) is 23.3. The van der Waals surface area contributed by atoms with Crippen molar-refractivity contribution in [3.63, 3.8) is 0 Å². The molecule has 10 heteroatoms. The van der Waals surface area contributed by atoms with E-state index in [9.17, 15) is 5.11 Å². The number of aryl methyl sites for hydroxylation is 2. The van der Waals surface area contributed by atoms with Gasteiger partial charge in [0.1, 0.15) is 0 Å². The molecule has 0 radical (unpaired) electrons. The third kappa shape index (κ3) is 6.42. The number of aliphatic imine (C=N–C) groups is 1. The maximum atomic E-state index is 10.9. The van der Waals surface area contributed by atoms with E-state index in [0.717, 1.165) is 46.8 Å². The Morgan fingerprint density at radius 3 is 2.89 bits per heavy atom. The zero-order valence-electron chi connectivity index (χ0n) is 20.4. The molecule has 0 saturated carbocycles. The van der Waals surface area contributed by atoms with Crippen LogP contribution in [0.4, 0.5) is 0 Å². The minimum absolute atomic E-state index is 0. The summed E-state index contributed by atoms with van der Waals surface area (Å²) in [6.45, 7) is 6.78. The molecule has 35 heavy (non-hydrogen) atoms. The number of nitrogens with one attached hydrogen (secondary N) is 1. The van der Waals surface area contributed by atoms with Crippen LogP contribution in [0.1, 0.15) is 35.3 Å². The van der Waals surface area contributed by atoms with Gasteiger partial charge < -0.3 is 15.3 Å². The van der Waals surface area contributed by atoms with Gasteiger partial charge in [-0.25, -0.2) is 0 Å². The Bertz CT molecular complexity index is 1010. The fourth-order valence-corrected chi connectivity index (χ4v) is 5.95. The molecule has 2 N–H and O–H groups in total. The molecule has 5 rings (SSSR count). The van der Waals surface area contributed by atoms with Gasteiger partial charge in [-0.1, -0.05) is 23.7 Å². The Morgan fingerprint density at radius 2 is 2.09 bits per heavy atom. The molecular formula is C25H31ClILiN6O. The van der Waals surface area contributed by atoms with Gasteiger partial charge in [-0.3, -0.25) is 20.2 Å². The number of piperazine rings is 1. The van der Waals surface area contributed by atoms with Gasteiger partial charge >= 0.3 is 18.9 Å². The molecule has 3 heterocycles. The second-order valence-corrected chi connectivity index (χ2v) is 11.1. The Balaban J connectivity index is 0.00000289. The van der Waals surface area contributed by atoms with Crippen LogP contribution in [0.15, 0.2) is 35.5 Å². The van der Waals surface area contributed by atoms with E-state index in [2.05, 4.69) is 67.8 Å². The second kappa shape index (κ2) is 12.2. The zero-order chi connectivity index (χ0) is 23.7. The first-order valence-electron chi connectivity index (χ1n) is 12.0. The number of nitrogens with zero attached hydrogens (tertiary/aromatic N) is 5. The molecule has 1 fully saturated rings. The Morgan fingerprint density at radius 1 is 1.26 bits per heavy atom. The van der Waals surface area contributed by atoms with Crippen molar-refractivity contribution < 1.29 is 24.0 Å². The van der Waals surface area contributed by atoms with Crippen molar-refractivity contribution in [2.75, 3.05) is 39.3 Å². The number of rotatable bonds is 6. The third-order valence-electron chi connectivity index (χ3n) is 6.93. The van der Waals surface area contributed by atoms with E-state index in [4.69, 9.17) is 21.9 Å². The summed E-state index contributed by atoms with van der Waals surface area (Å²) in [5.74, 6) is 0. The van der Waals surface area contributed by atoms with Gasteiger partial charge in [0.15, 0.2) is 0 Å². The van der Waals surface area contributed by atoms with Crippen LogP contribution in [0, 0.1) is 3.57 Å². The van der Waals surface area contributed by atoms with Crippen molar-refractivity contribution in [1.29, 1.82) is 0 Å². The minimum atomic E-state index is -0.681. The molecule has 3 unspecified atom stereocenters. The van der Waals surface area contributed by atoms with Crippen molar-refractivity contribution >= 4 is 40.5 Å². The van der Waals surface area contributed by atoms with E-state index in [1.807, 2.05) is 18.6 Å². The summed E-state index contributed by atoms with van der Waals surface area (Å²) >= 11 is 8.71. The quantitative estimate of drug-likeness (QED) is 0.282. The van der Waals surface area contributed by atoms with Gasteiger partial charge in [-0.05, 0) is 90.3 Å². The minimum Gasteiger partial charge on any atom is -0.654 e. The molecule has 0 bridgehead atoms. The van der Waals surface area contributed by atoms with Crippen LogP contribution in [0.25, 0.3) is 5.32 Å². The van der Waals surface area contributed by atoms with Crippen molar-refractivity contribution in [3.8, 4) is 0 Å². The van der Waals surface area contributed by atoms with Gasteiger partial charge in [-0.15, -0.1) is 6.54 Å². The Labute approximate surface area is 238 Å². The van der Waals surface area contributed by atoms with Crippen molar-refractivity contribution in [3.05, 3.63) is 66.8 Å². The first-order valence-corrected chi connectivity index (χ1v) is 13.5. The van der Waals surface area contributed by atoms with Crippen LogP contribution in [0.2, 0.25) is 5.02 Å². The maximum absolute atomic E-state index is 10.9. The molecule has 1 aromatic heterocycles. The monoisotopic (exact) mass is 600 g/mol. The third-order valence-corrected chi connectivity index (χ3v) is 7.75. The first kappa shape index (κ1) is 27.3. The van der Waals surface area contributed by atoms with Gasteiger partial charge in [-0.2, -0.15) is 0 Å². The fraction of sp³-hybridized carbons (Fsp3) is 0.520. The molecule has 1 saturated heterocycles. The molecular weight excluding hydrogens is 570 g/mol. The van der Waals surface area contributed by atoms with Crippen LogP contribution in [0.5, 0.6) is 0 Å². The normalized spacial score (nSPS) is 24.9. The molecule has 2 aromatic rings. The molecule has 2 aliphatic heterocycles. The summed E-state index contributed by atoms with van der Waals surface area (Å²) in [6.07, 6.45) is 5.09. The van der Waals surface area contributed by atoms with Crippen molar-refractivity contribution in [1.82, 2.24) is 20.1 Å². The summed E-state index contributed by atoms with van der Waals surface area (Å²) in [5.41, 5.74) is 4.96. The molecule has 0 spiro atoms. The van der Waals surface area contributed by atoms with E-state index in [1.54, 1.807) is 0 Å². The Hall–Kier alpha value is -0.703. The molecule has 3 aliphatic rings. The van der Waals surface area contributed by atoms with E-state index < -0.39 is 6.23 Å².